The Bertz CT molecular complexity index is 2660. The third kappa shape index (κ3) is 15.6. The molecule has 342 valence electrons. The van der Waals surface area contributed by atoms with E-state index < -0.39 is 15.1 Å². The number of allylic oxidation sites excluding steroid dienone is 4. The minimum absolute atomic E-state index is 0. The first-order valence-corrected chi connectivity index (χ1v) is 21.6. The molecule has 3 aliphatic heterocycles. The molecule has 0 saturated carbocycles. The van der Waals surface area contributed by atoms with Gasteiger partial charge < -0.3 is 14.1 Å². The second kappa shape index (κ2) is 25.5. The summed E-state index contributed by atoms with van der Waals surface area (Å²) in [7, 11) is -7.33. The first-order chi connectivity index (χ1) is 30.7. The van der Waals surface area contributed by atoms with Crippen molar-refractivity contribution in [1.29, 1.82) is 0 Å². The Morgan fingerprint density at radius 2 is 0.985 bits per heavy atom. The van der Waals surface area contributed by atoms with Crippen molar-refractivity contribution in [3.8, 4) is 22.5 Å². The number of nitrogens with zero attached hydrogens (tertiary/aromatic N) is 1. The molecule has 0 atom stereocenters. The highest BCUT2D eigenvalue weighted by Crippen LogP contribution is 2.33. The molecule has 3 aliphatic rings. The molecule has 0 unspecified atom stereocenters. The van der Waals surface area contributed by atoms with Gasteiger partial charge in [0.2, 0.25) is 5.36 Å². The van der Waals surface area contributed by atoms with E-state index in [9.17, 15) is 25.9 Å². The molecule has 66 heavy (non-hydrogen) atoms. The lowest BCUT2D eigenvalue weighted by atomic mass is 9.95. The second-order valence-electron chi connectivity index (χ2n) is 14.7. The summed E-state index contributed by atoms with van der Waals surface area (Å²) in [5.74, 6) is 3.27. The molecule has 5 aromatic carbocycles. The second-order valence-corrected chi connectivity index (χ2v) is 16.4. The predicted octanol–water partition coefficient (Wildman–Crippen LogP) is 8.47. The highest BCUT2D eigenvalue weighted by atomic mass is 35.5. The van der Waals surface area contributed by atoms with Gasteiger partial charge in [-0.15, -0.1) is 0 Å². The number of rotatable bonds is 5. The Kier molecular flexibility index (Phi) is 20.6. The van der Waals surface area contributed by atoms with Crippen molar-refractivity contribution in [2.45, 2.75) is 32.6 Å². The van der Waals surface area contributed by atoms with E-state index in [-0.39, 0.29) is 9.41 Å². The summed E-state index contributed by atoms with van der Waals surface area (Å²) in [6.45, 7) is 4.33. The topological polar surface area (TPSA) is 23.5 Å². The van der Waals surface area contributed by atoms with Gasteiger partial charge in [-0.25, -0.2) is 8.99 Å². The zero-order valence-corrected chi connectivity index (χ0v) is 38.1. The smallest absolute Gasteiger partial charge is 0.762 e. The van der Waals surface area contributed by atoms with Crippen LogP contribution in [0.4, 0.5) is 25.9 Å². The molecule has 0 aliphatic carbocycles. The van der Waals surface area contributed by atoms with Gasteiger partial charge in [-0.2, -0.15) is 0 Å². The number of ether oxygens (including phenoxy) is 1. The summed E-state index contributed by atoms with van der Waals surface area (Å²) in [6.07, 6.45) is 13.2. The third-order valence-electron chi connectivity index (χ3n) is 10.1. The fraction of sp³-hybridized carbons (Fsp3) is 0.143. The van der Waals surface area contributed by atoms with E-state index >= 15 is 0 Å². The zero-order chi connectivity index (χ0) is 45.8. The standard InChI is InChI=1S/C31H26Cl2NO.C18H13Cl2O.2BF3.2FH/c32-27-10-6-22(7-11-27)26-19-29(35-30(20-26)23-8-12-28(33)13-9-23)14-5-21-17-24-3-1-15-34-16-2-4-25(18-21)31(24)34;1-12-10-15(13-2-6-16(19)7-3-13)11-18(21-12)14-4-8-17(20)9-5-14;2*2-1(3)4;;/h5-14,17-20H,1-4,15-16H2;2-11H,1H3;;;2*1H/q2*+1;;;;/p-2. The molecule has 0 fully saturated rings. The van der Waals surface area contributed by atoms with Crippen LogP contribution in [-0.2, 0) is 17.6 Å². The van der Waals surface area contributed by atoms with Crippen LogP contribution in [0, 0.1) is 6.92 Å². The Balaban J connectivity index is 0.000000262. The summed E-state index contributed by atoms with van der Waals surface area (Å²) in [5.41, 5.74) is 9.33. The van der Waals surface area contributed by atoms with Crippen LogP contribution in [0.15, 0.2) is 150 Å². The summed E-state index contributed by atoms with van der Waals surface area (Å²) in [4.78, 5) is 0. The molecule has 0 amide bonds. The highest BCUT2D eigenvalue weighted by Gasteiger charge is 2.23. The molecule has 17 heteroatoms. The van der Waals surface area contributed by atoms with Crippen molar-refractivity contribution in [1.82, 2.24) is 4.58 Å². The maximum absolute atomic E-state index is 9.67. The number of hydrogen-bond donors (Lipinski definition) is 0. The first-order valence-electron chi connectivity index (χ1n) is 20.1. The molecule has 0 N–H and O–H groups in total. The third-order valence-corrected chi connectivity index (χ3v) is 11.1. The van der Waals surface area contributed by atoms with Crippen LogP contribution < -0.4 is 24.6 Å². The van der Waals surface area contributed by atoms with E-state index in [1.165, 1.54) is 47.6 Å². The molecule has 4 heterocycles. The fourth-order valence-electron chi connectivity index (χ4n) is 7.47. The summed E-state index contributed by atoms with van der Waals surface area (Å²) in [5, 5.41) is 5.61. The van der Waals surface area contributed by atoms with E-state index in [4.69, 9.17) is 55.6 Å². The highest BCUT2D eigenvalue weighted by molar-refractivity contribution is 6.33. The predicted molar refractivity (Wildman–Crippen MR) is 253 cm³/mol. The van der Waals surface area contributed by atoms with Crippen LogP contribution in [0.1, 0.15) is 40.9 Å². The molecular formula is C49H39B2Cl4F8NO2. The molecule has 1 aromatic heterocycles. The van der Waals surface area contributed by atoms with Crippen molar-refractivity contribution in [3.63, 3.8) is 0 Å². The maximum atomic E-state index is 9.67. The van der Waals surface area contributed by atoms with E-state index in [0.29, 0.717) is 10.0 Å². The first kappa shape index (κ1) is 53.3. The molecule has 0 spiro atoms. The quantitative estimate of drug-likeness (QED) is 0.0750. The van der Waals surface area contributed by atoms with Crippen molar-refractivity contribution in [2.75, 3.05) is 13.1 Å². The molecule has 0 saturated heterocycles. The minimum Gasteiger partial charge on any atom is -1.00 e. The maximum Gasteiger partial charge on any atom is 0.762 e. The van der Waals surface area contributed by atoms with Crippen molar-refractivity contribution >= 4 is 78.9 Å². The summed E-state index contributed by atoms with van der Waals surface area (Å²) >= 11 is 24.1. The van der Waals surface area contributed by atoms with Gasteiger partial charge >= 0.3 is 26.6 Å². The van der Waals surface area contributed by atoms with Crippen LogP contribution in [0.3, 0.4) is 0 Å². The molecule has 9 rings (SSSR count). The normalized spacial score (nSPS) is 13.7. The van der Waals surface area contributed by atoms with Crippen LogP contribution in [-0.4, -0.2) is 28.2 Å². The number of benzene rings is 5. The monoisotopic (exact) mass is 987 g/mol. The van der Waals surface area contributed by atoms with Gasteiger partial charge in [0.25, 0.3) is 0 Å². The fourth-order valence-corrected chi connectivity index (χ4v) is 7.98. The average molecular weight is 989 g/mol. The van der Waals surface area contributed by atoms with E-state index in [2.05, 4.69) is 41.0 Å². The lowest BCUT2D eigenvalue weighted by molar-refractivity contribution is -0.00100. The molecule has 0 radical (unpaired) electrons. The number of halogens is 12. The van der Waals surface area contributed by atoms with Gasteiger partial charge in [0.15, 0.2) is 0 Å². The summed E-state index contributed by atoms with van der Waals surface area (Å²) in [6, 6.07) is 39.8. The van der Waals surface area contributed by atoms with E-state index in [0.717, 1.165) is 79.3 Å². The number of aryl methyl sites for hydroxylation is 3. The van der Waals surface area contributed by atoms with Gasteiger partial charge in [-0.05, 0) is 138 Å². The average Bonchev–Trinajstić information content (AvgIpc) is 3.26. The van der Waals surface area contributed by atoms with E-state index in [1.807, 2.05) is 116 Å². The lowest BCUT2D eigenvalue weighted by Crippen LogP contribution is -3.00. The Labute approximate surface area is 398 Å². The van der Waals surface area contributed by atoms with Crippen molar-refractivity contribution < 1.29 is 44.5 Å². The SMILES string of the molecule is Cc1cc(-c2ccc(Cl)cc2)cc(-c2ccc(Cl)cc2)[o+]1.Clc1ccc(C2=CC(=CC=c3cc4c5c(c3)CCC[N+]=5CCC4)OC(c3ccc(Cl)cc3)=C2)cc1.FB(F)F.FB(F)F.[F-].[F-]. The van der Waals surface area contributed by atoms with Gasteiger partial charge in [-0.1, -0.05) is 76.7 Å². The molecule has 3 nitrogen and oxygen atoms in total. The van der Waals surface area contributed by atoms with E-state index in [1.54, 1.807) is 0 Å². The van der Waals surface area contributed by atoms with Gasteiger partial charge in [0.05, 0.1) is 18.6 Å². The van der Waals surface area contributed by atoms with Gasteiger partial charge in [-0.3, -0.25) is 25.9 Å². The lowest BCUT2D eigenvalue weighted by Gasteiger charge is -2.19. The Morgan fingerprint density at radius 3 is 1.47 bits per heavy atom. The van der Waals surface area contributed by atoms with Crippen LogP contribution in [0.5, 0.6) is 0 Å². The Morgan fingerprint density at radius 1 is 0.545 bits per heavy atom. The Hall–Kier alpha value is -5.33. The van der Waals surface area contributed by atoms with Crippen LogP contribution >= 0.6 is 46.4 Å². The van der Waals surface area contributed by atoms with Crippen molar-refractivity contribution in [2.24, 2.45) is 0 Å². The molecule has 0 bridgehead atoms. The van der Waals surface area contributed by atoms with Crippen molar-refractivity contribution in [3.05, 3.63) is 204 Å². The summed E-state index contributed by atoms with van der Waals surface area (Å²) < 4.78 is 72.7. The zero-order valence-electron chi connectivity index (χ0n) is 35.1. The van der Waals surface area contributed by atoms with Crippen LogP contribution in [0.2, 0.25) is 20.1 Å². The van der Waals surface area contributed by atoms with Gasteiger partial charge in [0, 0.05) is 61.3 Å². The van der Waals surface area contributed by atoms with Crippen LogP contribution in [0.25, 0.3) is 39.9 Å². The largest absolute Gasteiger partial charge is 1.00 e. The molecule has 6 aromatic rings. The molecular weight excluding hydrogens is 950 g/mol. The minimum atomic E-state index is -3.67. The van der Waals surface area contributed by atoms with Gasteiger partial charge in [0.1, 0.15) is 24.6 Å². The number of hydrogen-bond acceptors (Lipinski definition) is 1.